The number of pyridine rings is 3. The molecule has 0 aliphatic carbocycles. The van der Waals surface area contributed by atoms with Crippen LogP contribution < -0.4 is 16.2 Å². The SMILES string of the molecule is COCCNC(=O)c1c(O)c2ncc(Cc3ccc(F)cc3)cc2n(CC(=O)Nc2cccnc2)c1=O. The number of ether oxygens (including phenoxy) is 1. The fourth-order valence-corrected chi connectivity index (χ4v) is 3.78. The summed E-state index contributed by atoms with van der Waals surface area (Å²) in [4.78, 5) is 47.3. The molecule has 3 heterocycles. The van der Waals surface area contributed by atoms with Crippen LogP contribution in [0.5, 0.6) is 5.75 Å². The molecule has 2 amide bonds. The first-order valence-corrected chi connectivity index (χ1v) is 11.3. The van der Waals surface area contributed by atoms with Crippen molar-refractivity contribution in [2.24, 2.45) is 0 Å². The van der Waals surface area contributed by atoms with Crippen molar-refractivity contribution in [3.8, 4) is 5.75 Å². The molecule has 4 rings (SSSR count). The number of nitrogens with one attached hydrogen (secondary N) is 2. The van der Waals surface area contributed by atoms with Crippen molar-refractivity contribution in [2.45, 2.75) is 13.0 Å². The largest absolute Gasteiger partial charge is 0.505 e. The Balaban J connectivity index is 1.77. The van der Waals surface area contributed by atoms with Crippen molar-refractivity contribution in [1.29, 1.82) is 0 Å². The summed E-state index contributed by atoms with van der Waals surface area (Å²) >= 11 is 0. The van der Waals surface area contributed by atoms with Gasteiger partial charge >= 0.3 is 0 Å². The third kappa shape index (κ3) is 5.96. The maximum Gasteiger partial charge on any atom is 0.268 e. The molecule has 0 radical (unpaired) electrons. The van der Waals surface area contributed by atoms with E-state index in [1.807, 2.05) is 0 Å². The van der Waals surface area contributed by atoms with Gasteiger partial charge in [-0.15, -0.1) is 0 Å². The highest BCUT2D eigenvalue weighted by Crippen LogP contribution is 2.26. The second kappa shape index (κ2) is 11.4. The minimum absolute atomic E-state index is 0.0199. The Morgan fingerprint density at radius 3 is 2.62 bits per heavy atom. The molecule has 190 valence electrons. The molecule has 0 saturated carbocycles. The van der Waals surface area contributed by atoms with E-state index < -0.39 is 35.2 Å². The Morgan fingerprint density at radius 2 is 1.92 bits per heavy atom. The molecule has 0 aliphatic rings. The van der Waals surface area contributed by atoms with Gasteiger partial charge < -0.3 is 20.5 Å². The number of hydrogen-bond donors (Lipinski definition) is 3. The smallest absolute Gasteiger partial charge is 0.268 e. The van der Waals surface area contributed by atoms with E-state index in [4.69, 9.17) is 4.74 Å². The van der Waals surface area contributed by atoms with Crippen LogP contribution in [0.2, 0.25) is 0 Å². The zero-order valence-electron chi connectivity index (χ0n) is 19.9. The van der Waals surface area contributed by atoms with Crippen LogP contribution in [-0.2, 0) is 22.5 Å². The number of aromatic hydroxyl groups is 1. The average Bonchev–Trinajstić information content (AvgIpc) is 2.89. The molecule has 0 spiro atoms. The second-order valence-electron chi connectivity index (χ2n) is 8.17. The summed E-state index contributed by atoms with van der Waals surface area (Å²) in [6, 6.07) is 10.8. The number of methoxy groups -OCH3 is 1. The van der Waals surface area contributed by atoms with Gasteiger partial charge in [-0.3, -0.25) is 28.9 Å². The number of carbonyl (C=O) groups is 2. The number of nitrogens with zero attached hydrogens (tertiary/aromatic N) is 3. The Morgan fingerprint density at radius 1 is 1.14 bits per heavy atom. The molecule has 4 aromatic rings. The van der Waals surface area contributed by atoms with Gasteiger partial charge in [-0.25, -0.2) is 4.39 Å². The molecule has 0 saturated heterocycles. The van der Waals surface area contributed by atoms with Crippen LogP contribution in [0.15, 0.2) is 65.8 Å². The first kappa shape index (κ1) is 25.5. The number of anilines is 1. The molecule has 0 atom stereocenters. The summed E-state index contributed by atoms with van der Waals surface area (Å²) in [6.45, 7) is -0.144. The van der Waals surface area contributed by atoms with Crippen molar-refractivity contribution in [3.63, 3.8) is 0 Å². The topological polar surface area (TPSA) is 135 Å². The summed E-state index contributed by atoms with van der Waals surface area (Å²) in [7, 11) is 1.46. The van der Waals surface area contributed by atoms with Crippen LogP contribution in [0.3, 0.4) is 0 Å². The zero-order valence-corrected chi connectivity index (χ0v) is 19.9. The molecular weight excluding hydrogens is 481 g/mol. The molecule has 0 aliphatic heterocycles. The fourth-order valence-electron chi connectivity index (χ4n) is 3.78. The summed E-state index contributed by atoms with van der Waals surface area (Å²) in [6.07, 6.45) is 4.85. The molecule has 0 bridgehead atoms. The van der Waals surface area contributed by atoms with Crippen molar-refractivity contribution in [3.05, 3.63) is 93.9 Å². The van der Waals surface area contributed by atoms with E-state index in [1.54, 1.807) is 36.5 Å². The summed E-state index contributed by atoms with van der Waals surface area (Å²) in [5.74, 6) is -2.32. The van der Waals surface area contributed by atoms with Crippen LogP contribution >= 0.6 is 0 Å². The van der Waals surface area contributed by atoms with Crippen LogP contribution in [-0.4, -0.2) is 51.7 Å². The number of aromatic nitrogens is 3. The third-order valence-electron chi connectivity index (χ3n) is 5.52. The normalized spacial score (nSPS) is 10.9. The van der Waals surface area contributed by atoms with Crippen LogP contribution in [0.25, 0.3) is 11.0 Å². The quantitative estimate of drug-likeness (QED) is 0.297. The lowest BCUT2D eigenvalue weighted by molar-refractivity contribution is -0.116. The molecule has 0 fully saturated rings. The third-order valence-corrected chi connectivity index (χ3v) is 5.52. The summed E-state index contributed by atoms with van der Waals surface area (Å²) < 4.78 is 19.3. The lowest BCUT2D eigenvalue weighted by atomic mass is 10.1. The van der Waals surface area contributed by atoms with E-state index in [9.17, 15) is 23.9 Å². The highest BCUT2D eigenvalue weighted by atomic mass is 19.1. The highest BCUT2D eigenvalue weighted by molar-refractivity contribution is 6.02. The number of fused-ring (bicyclic) bond motifs is 1. The van der Waals surface area contributed by atoms with Gasteiger partial charge in [0.05, 0.1) is 24.0 Å². The van der Waals surface area contributed by atoms with E-state index in [2.05, 4.69) is 20.6 Å². The fraction of sp³-hybridized carbons (Fsp3) is 0.192. The maximum absolute atomic E-state index is 13.4. The van der Waals surface area contributed by atoms with E-state index >= 15 is 0 Å². The van der Waals surface area contributed by atoms with Gasteiger partial charge in [-0.05, 0) is 47.9 Å². The number of carbonyl (C=O) groups excluding carboxylic acids is 2. The predicted molar refractivity (Wildman–Crippen MR) is 134 cm³/mol. The standard InChI is InChI=1S/C26H24FN5O5/c1-37-10-9-29-25(35)22-24(34)23-20(12-17(13-30-23)11-16-4-6-18(27)7-5-16)32(26(22)36)15-21(33)31-19-3-2-8-28-14-19/h2-8,12-14,34H,9-11,15H2,1H3,(H,29,35)(H,31,33). The Hall–Kier alpha value is -4.64. The van der Waals surface area contributed by atoms with Gasteiger partial charge in [0.2, 0.25) is 5.91 Å². The summed E-state index contributed by atoms with van der Waals surface area (Å²) in [5.41, 5.74) is 0.626. The van der Waals surface area contributed by atoms with Crippen molar-refractivity contribution < 1.29 is 23.8 Å². The lowest BCUT2D eigenvalue weighted by Gasteiger charge is -2.15. The number of amides is 2. The van der Waals surface area contributed by atoms with Gasteiger partial charge in [-0.2, -0.15) is 0 Å². The molecule has 10 nitrogen and oxygen atoms in total. The van der Waals surface area contributed by atoms with Crippen molar-refractivity contribution in [1.82, 2.24) is 19.9 Å². The Labute approximate surface area is 210 Å². The molecular formula is C26H24FN5O5. The number of hydrogen-bond acceptors (Lipinski definition) is 7. The van der Waals surface area contributed by atoms with E-state index in [-0.39, 0.29) is 30.0 Å². The lowest BCUT2D eigenvalue weighted by Crippen LogP contribution is -2.36. The van der Waals surface area contributed by atoms with Crippen molar-refractivity contribution in [2.75, 3.05) is 25.6 Å². The number of halogens is 1. The van der Waals surface area contributed by atoms with Gasteiger partial charge in [0, 0.05) is 26.0 Å². The predicted octanol–water partition coefficient (Wildman–Crippen LogP) is 2.24. The minimum Gasteiger partial charge on any atom is -0.505 e. The Kier molecular flexibility index (Phi) is 7.84. The van der Waals surface area contributed by atoms with Crippen LogP contribution in [0.4, 0.5) is 10.1 Å². The molecule has 1 aromatic carbocycles. The first-order chi connectivity index (χ1) is 17.9. The first-order valence-electron chi connectivity index (χ1n) is 11.3. The van der Waals surface area contributed by atoms with Gasteiger partial charge in [-0.1, -0.05) is 12.1 Å². The second-order valence-corrected chi connectivity index (χ2v) is 8.17. The molecule has 11 heteroatoms. The molecule has 37 heavy (non-hydrogen) atoms. The molecule has 3 aromatic heterocycles. The molecule has 3 N–H and O–H groups in total. The summed E-state index contributed by atoms with van der Waals surface area (Å²) in [5, 5.41) is 16.0. The van der Waals surface area contributed by atoms with E-state index in [0.29, 0.717) is 17.7 Å². The minimum atomic E-state index is -0.859. The van der Waals surface area contributed by atoms with E-state index in [0.717, 1.165) is 10.1 Å². The zero-order chi connectivity index (χ0) is 26.4. The van der Waals surface area contributed by atoms with Crippen LogP contribution in [0.1, 0.15) is 21.5 Å². The Bertz CT molecular complexity index is 1490. The van der Waals surface area contributed by atoms with Crippen molar-refractivity contribution >= 4 is 28.5 Å². The van der Waals surface area contributed by atoms with E-state index in [1.165, 1.54) is 31.6 Å². The van der Waals surface area contributed by atoms with Crippen LogP contribution in [0, 0.1) is 5.82 Å². The maximum atomic E-state index is 13.4. The molecule has 0 unspecified atom stereocenters. The van der Waals surface area contributed by atoms with Gasteiger partial charge in [0.1, 0.15) is 23.4 Å². The average molecular weight is 506 g/mol. The monoisotopic (exact) mass is 505 g/mol. The number of rotatable bonds is 9. The highest BCUT2D eigenvalue weighted by Gasteiger charge is 2.24. The van der Waals surface area contributed by atoms with Gasteiger partial charge in [0.25, 0.3) is 11.5 Å². The van der Waals surface area contributed by atoms with Gasteiger partial charge in [0.15, 0.2) is 5.75 Å². The number of benzene rings is 1.